The normalized spacial score (nSPS) is 11.4. The monoisotopic (exact) mass is 281 g/mol. The van der Waals surface area contributed by atoms with Gasteiger partial charge in [0.2, 0.25) is 0 Å². The standard InChI is InChI=1S/C15H14F3NO/c1-2-10-3-6-12(7-4-10)20-14-8-5-11(9-13(14)19)15(16,17)18/h3-9H,2,19H2,1H3. The molecule has 0 aromatic heterocycles. The Labute approximate surface area is 115 Å². The minimum absolute atomic E-state index is 0.0422. The second-order valence-corrected chi connectivity index (χ2v) is 4.35. The SMILES string of the molecule is CCc1ccc(Oc2ccc(C(F)(F)F)cc2N)cc1. The molecular weight excluding hydrogens is 267 g/mol. The van der Waals surface area contributed by atoms with E-state index >= 15 is 0 Å². The predicted octanol–water partition coefficient (Wildman–Crippen LogP) is 4.64. The van der Waals surface area contributed by atoms with Gasteiger partial charge in [-0.1, -0.05) is 19.1 Å². The maximum atomic E-state index is 12.5. The van der Waals surface area contributed by atoms with E-state index in [0.29, 0.717) is 5.75 Å². The van der Waals surface area contributed by atoms with Crippen LogP contribution in [0.15, 0.2) is 42.5 Å². The highest BCUT2D eigenvalue weighted by atomic mass is 19.4. The Balaban J connectivity index is 2.21. The fourth-order valence-corrected chi connectivity index (χ4v) is 1.74. The average molecular weight is 281 g/mol. The summed E-state index contributed by atoms with van der Waals surface area (Å²) in [5.41, 5.74) is 5.92. The Morgan fingerprint density at radius 2 is 1.70 bits per heavy atom. The molecule has 0 heterocycles. The van der Waals surface area contributed by atoms with E-state index in [1.807, 2.05) is 19.1 Å². The summed E-state index contributed by atoms with van der Waals surface area (Å²) in [5.74, 6) is 0.746. The Bertz CT molecular complexity index is 591. The molecule has 0 aliphatic carbocycles. The van der Waals surface area contributed by atoms with Gasteiger partial charge in [0.05, 0.1) is 11.3 Å². The highest BCUT2D eigenvalue weighted by molar-refractivity contribution is 5.56. The lowest BCUT2D eigenvalue weighted by Gasteiger charge is -2.12. The lowest BCUT2D eigenvalue weighted by Crippen LogP contribution is -2.05. The van der Waals surface area contributed by atoms with Crippen LogP contribution < -0.4 is 10.5 Å². The Morgan fingerprint density at radius 3 is 2.20 bits per heavy atom. The van der Waals surface area contributed by atoms with Gasteiger partial charge in [0.25, 0.3) is 0 Å². The van der Waals surface area contributed by atoms with Crippen molar-refractivity contribution >= 4 is 5.69 Å². The van der Waals surface area contributed by atoms with Crippen molar-refractivity contribution in [2.75, 3.05) is 5.73 Å². The Hall–Kier alpha value is -2.17. The van der Waals surface area contributed by atoms with Crippen LogP contribution in [0.4, 0.5) is 18.9 Å². The number of hydrogen-bond donors (Lipinski definition) is 1. The maximum Gasteiger partial charge on any atom is 0.416 e. The number of halogens is 3. The molecule has 2 nitrogen and oxygen atoms in total. The topological polar surface area (TPSA) is 35.2 Å². The van der Waals surface area contributed by atoms with Crippen LogP contribution in [0.3, 0.4) is 0 Å². The Morgan fingerprint density at radius 1 is 1.05 bits per heavy atom. The molecule has 0 radical (unpaired) electrons. The van der Waals surface area contributed by atoms with Crippen molar-refractivity contribution in [1.82, 2.24) is 0 Å². The number of hydrogen-bond acceptors (Lipinski definition) is 2. The summed E-state index contributed by atoms with van der Waals surface area (Å²) in [6, 6.07) is 10.4. The van der Waals surface area contributed by atoms with Crippen LogP contribution in [0.2, 0.25) is 0 Å². The summed E-state index contributed by atoms with van der Waals surface area (Å²) in [4.78, 5) is 0. The summed E-state index contributed by atoms with van der Waals surface area (Å²) < 4.78 is 43.0. The molecule has 0 unspecified atom stereocenters. The van der Waals surface area contributed by atoms with E-state index < -0.39 is 11.7 Å². The van der Waals surface area contributed by atoms with Crippen molar-refractivity contribution in [1.29, 1.82) is 0 Å². The molecule has 0 spiro atoms. The van der Waals surface area contributed by atoms with Gasteiger partial charge < -0.3 is 10.5 Å². The zero-order valence-corrected chi connectivity index (χ0v) is 10.9. The number of aryl methyl sites for hydroxylation is 1. The second-order valence-electron chi connectivity index (χ2n) is 4.35. The van der Waals surface area contributed by atoms with Crippen LogP contribution in [-0.2, 0) is 12.6 Å². The van der Waals surface area contributed by atoms with Crippen LogP contribution in [0.5, 0.6) is 11.5 Å². The quantitative estimate of drug-likeness (QED) is 0.832. The molecule has 0 saturated carbocycles. The third kappa shape index (κ3) is 3.23. The van der Waals surface area contributed by atoms with Crippen molar-refractivity contribution in [3.05, 3.63) is 53.6 Å². The van der Waals surface area contributed by atoms with Gasteiger partial charge in [-0.2, -0.15) is 13.2 Å². The number of nitrogen functional groups attached to an aromatic ring is 1. The van der Waals surface area contributed by atoms with E-state index in [0.717, 1.165) is 24.1 Å². The fourth-order valence-electron chi connectivity index (χ4n) is 1.74. The molecule has 0 atom stereocenters. The van der Waals surface area contributed by atoms with E-state index in [1.165, 1.54) is 6.07 Å². The summed E-state index contributed by atoms with van der Waals surface area (Å²) in [6.45, 7) is 2.03. The van der Waals surface area contributed by atoms with Gasteiger partial charge in [-0.05, 0) is 42.3 Å². The molecule has 0 aliphatic heterocycles. The number of nitrogens with two attached hydrogens (primary N) is 1. The molecule has 0 bridgehead atoms. The van der Waals surface area contributed by atoms with Gasteiger partial charge in [0, 0.05) is 0 Å². The smallest absolute Gasteiger partial charge is 0.416 e. The van der Waals surface area contributed by atoms with Gasteiger partial charge in [0.1, 0.15) is 11.5 Å². The minimum atomic E-state index is -4.41. The van der Waals surface area contributed by atoms with Crippen molar-refractivity contribution in [3.63, 3.8) is 0 Å². The molecule has 0 aliphatic rings. The molecule has 2 aromatic rings. The maximum absolute atomic E-state index is 12.5. The third-order valence-corrected chi connectivity index (χ3v) is 2.90. The van der Waals surface area contributed by atoms with Crippen molar-refractivity contribution in [2.24, 2.45) is 0 Å². The minimum Gasteiger partial charge on any atom is -0.455 e. The first-order valence-corrected chi connectivity index (χ1v) is 6.13. The van der Waals surface area contributed by atoms with E-state index in [1.54, 1.807) is 12.1 Å². The second kappa shape index (κ2) is 5.45. The van der Waals surface area contributed by atoms with Crippen LogP contribution in [-0.4, -0.2) is 0 Å². The van der Waals surface area contributed by atoms with Gasteiger partial charge in [-0.3, -0.25) is 0 Å². The summed E-state index contributed by atoms with van der Waals surface area (Å²) >= 11 is 0. The number of alkyl halides is 3. The third-order valence-electron chi connectivity index (χ3n) is 2.90. The highest BCUT2D eigenvalue weighted by Gasteiger charge is 2.30. The lowest BCUT2D eigenvalue weighted by molar-refractivity contribution is -0.137. The molecular formula is C15H14F3NO. The molecule has 106 valence electrons. The summed E-state index contributed by atoms with van der Waals surface area (Å²) in [7, 11) is 0. The fraction of sp³-hybridized carbons (Fsp3) is 0.200. The number of benzene rings is 2. The van der Waals surface area contributed by atoms with E-state index in [-0.39, 0.29) is 11.4 Å². The van der Waals surface area contributed by atoms with Crippen LogP contribution in [0.25, 0.3) is 0 Å². The molecule has 2 N–H and O–H groups in total. The predicted molar refractivity (Wildman–Crippen MR) is 71.8 cm³/mol. The molecule has 2 rings (SSSR count). The average Bonchev–Trinajstić information content (AvgIpc) is 2.41. The summed E-state index contributed by atoms with van der Waals surface area (Å²) in [5, 5.41) is 0. The lowest BCUT2D eigenvalue weighted by atomic mass is 10.1. The van der Waals surface area contributed by atoms with E-state index in [2.05, 4.69) is 0 Å². The molecule has 20 heavy (non-hydrogen) atoms. The summed E-state index contributed by atoms with van der Waals surface area (Å²) in [6.07, 6.45) is -3.50. The van der Waals surface area contributed by atoms with Crippen molar-refractivity contribution < 1.29 is 17.9 Å². The van der Waals surface area contributed by atoms with Crippen LogP contribution in [0.1, 0.15) is 18.1 Å². The molecule has 5 heteroatoms. The van der Waals surface area contributed by atoms with Gasteiger partial charge in [0.15, 0.2) is 0 Å². The first-order valence-electron chi connectivity index (χ1n) is 6.13. The van der Waals surface area contributed by atoms with Gasteiger partial charge >= 0.3 is 6.18 Å². The van der Waals surface area contributed by atoms with Gasteiger partial charge in [-0.25, -0.2) is 0 Å². The number of ether oxygens (including phenoxy) is 1. The Kier molecular flexibility index (Phi) is 3.88. The number of anilines is 1. The first kappa shape index (κ1) is 14.2. The van der Waals surface area contributed by atoms with Crippen molar-refractivity contribution in [2.45, 2.75) is 19.5 Å². The number of rotatable bonds is 3. The zero-order valence-electron chi connectivity index (χ0n) is 10.9. The van der Waals surface area contributed by atoms with Crippen LogP contribution >= 0.6 is 0 Å². The highest BCUT2D eigenvalue weighted by Crippen LogP contribution is 2.35. The molecule has 0 amide bonds. The van der Waals surface area contributed by atoms with Crippen LogP contribution in [0, 0.1) is 0 Å². The largest absolute Gasteiger partial charge is 0.455 e. The van der Waals surface area contributed by atoms with Crippen molar-refractivity contribution in [3.8, 4) is 11.5 Å². The van der Waals surface area contributed by atoms with Gasteiger partial charge in [-0.15, -0.1) is 0 Å². The molecule has 2 aromatic carbocycles. The first-order chi connectivity index (χ1) is 9.40. The zero-order chi connectivity index (χ0) is 14.8. The van der Waals surface area contributed by atoms with E-state index in [4.69, 9.17) is 10.5 Å². The van der Waals surface area contributed by atoms with E-state index in [9.17, 15) is 13.2 Å². The molecule has 0 saturated heterocycles. The molecule has 0 fully saturated rings.